The molecule has 0 fully saturated rings. The van der Waals surface area contributed by atoms with E-state index in [9.17, 15) is 18.0 Å². The van der Waals surface area contributed by atoms with Crippen LogP contribution >= 0.6 is 22.6 Å². The lowest BCUT2D eigenvalue weighted by Crippen LogP contribution is -2.16. The minimum absolute atomic E-state index is 0.0193. The van der Waals surface area contributed by atoms with Crippen molar-refractivity contribution in [3.63, 3.8) is 0 Å². The molecule has 0 radical (unpaired) electrons. The average Bonchev–Trinajstić information content (AvgIpc) is 2.48. The first-order chi connectivity index (χ1) is 9.99. The summed E-state index contributed by atoms with van der Waals surface area (Å²) in [5.74, 6) is -4.43. The van der Waals surface area contributed by atoms with Gasteiger partial charge in [-0.1, -0.05) is 30.3 Å². The molecule has 0 heterocycles. The monoisotopic (exact) mass is 407 g/mol. The van der Waals surface area contributed by atoms with Gasteiger partial charge in [0.1, 0.15) is 6.61 Å². The number of benzene rings is 2. The molecule has 2 rings (SSSR count). The number of hydrogen-bond acceptors (Lipinski definition) is 2. The molecule has 0 aliphatic carbocycles. The molecule has 0 saturated heterocycles. The number of anilines is 1. The molecule has 110 valence electrons. The molecule has 1 amide bonds. The van der Waals surface area contributed by atoms with E-state index in [1.165, 1.54) is 0 Å². The number of ether oxygens (including phenoxy) is 1. The predicted octanol–water partition coefficient (Wildman–Crippen LogP) is 4.46. The van der Waals surface area contributed by atoms with E-state index in [1.54, 1.807) is 46.9 Å². The molecule has 2 aromatic carbocycles. The van der Waals surface area contributed by atoms with Crippen molar-refractivity contribution in [2.45, 2.75) is 6.61 Å². The van der Waals surface area contributed by atoms with Gasteiger partial charge in [-0.05, 0) is 34.2 Å². The summed E-state index contributed by atoms with van der Waals surface area (Å²) in [7, 11) is 0. The van der Waals surface area contributed by atoms with Gasteiger partial charge in [0.15, 0.2) is 17.5 Å². The van der Waals surface area contributed by atoms with Crippen molar-refractivity contribution in [2.24, 2.45) is 0 Å². The van der Waals surface area contributed by atoms with Crippen molar-refractivity contribution in [1.82, 2.24) is 0 Å². The molecule has 1 N–H and O–H groups in total. The number of hydrogen-bond donors (Lipinski definition) is 1. The van der Waals surface area contributed by atoms with Crippen molar-refractivity contribution >= 4 is 34.4 Å². The third kappa shape index (κ3) is 3.87. The molecule has 21 heavy (non-hydrogen) atoms. The molecular weight excluding hydrogens is 398 g/mol. The lowest BCUT2D eigenvalue weighted by molar-refractivity contribution is 0.155. The summed E-state index contributed by atoms with van der Waals surface area (Å²) in [5, 5.41) is 2.07. The zero-order valence-electron chi connectivity index (χ0n) is 10.5. The van der Waals surface area contributed by atoms with E-state index >= 15 is 0 Å². The standard InChI is InChI=1S/C14H9F3INO2/c15-9-6-10(18)13(12(17)11(9)16)19-14(20)21-7-8-4-2-1-3-5-8/h1-6H,7H2,(H,19,20). The Balaban J connectivity index is 2.05. The Morgan fingerprint density at radius 3 is 2.48 bits per heavy atom. The molecule has 0 spiro atoms. The first kappa shape index (κ1) is 15.6. The lowest BCUT2D eigenvalue weighted by Gasteiger charge is -2.10. The topological polar surface area (TPSA) is 38.3 Å². The summed E-state index contributed by atoms with van der Waals surface area (Å²) in [6, 6.07) is 9.63. The quantitative estimate of drug-likeness (QED) is 0.464. The van der Waals surface area contributed by atoms with E-state index < -0.39 is 29.2 Å². The van der Waals surface area contributed by atoms with Crippen molar-refractivity contribution in [1.29, 1.82) is 0 Å². The maximum absolute atomic E-state index is 13.6. The van der Waals surface area contributed by atoms with E-state index in [-0.39, 0.29) is 10.2 Å². The van der Waals surface area contributed by atoms with Gasteiger partial charge in [0.25, 0.3) is 0 Å². The Labute approximate surface area is 132 Å². The Morgan fingerprint density at radius 2 is 1.81 bits per heavy atom. The molecule has 0 bridgehead atoms. The van der Waals surface area contributed by atoms with Crippen molar-refractivity contribution in [3.8, 4) is 0 Å². The maximum atomic E-state index is 13.6. The summed E-state index contributed by atoms with van der Waals surface area (Å²) in [4.78, 5) is 11.6. The number of nitrogens with one attached hydrogen (secondary N) is 1. The van der Waals surface area contributed by atoms with Gasteiger partial charge in [-0.3, -0.25) is 5.32 Å². The fraction of sp³-hybridized carbons (Fsp3) is 0.0714. The Kier molecular flexibility index (Phi) is 5.05. The highest BCUT2D eigenvalue weighted by molar-refractivity contribution is 14.1. The van der Waals surface area contributed by atoms with Gasteiger partial charge in [0, 0.05) is 3.57 Å². The van der Waals surface area contributed by atoms with Gasteiger partial charge >= 0.3 is 6.09 Å². The molecular formula is C14H9F3INO2. The van der Waals surface area contributed by atoms with Gasteiger partial charge in [-0.2, -0.15) is 0 Å². The molecule has 0 aromatic heterocycles. The number of amides is 1. The molecule has 0 atom stereocenters. The van der Waals surface area contributed by atoms with Gasteiger partial charge in [0.2, 0.25) is 0 Å². The minimum atomic E-state index is -1.64. The molecule has 3 nitrogen and oxygen atoms in total. The van der Waals surface area contributed by atoms with Crippen molar-refractivity contribution in [2.75, 3.05) is 5.32 Å². The van der Waals surface area contributed by atoms with E-state index in [1.807, 2.05) is 6.07 Å². The fourth-order valence-corrected chi connectivity index (χ4v) is 2.19. The summed E-state index contributed by atoms with van der Waals surface area (Å²) in [5.41, 5.74) is 0.292. The van der Waals surface area contributed by atoms with Crippen LogP contribution in [0.3, 0.4) is 0 Å². The predicted molar refractivity (Wildman–Crippen MR) is 79.3 cm³/mol. The molecule has 0 saturated carbocycles. The van der Waals surface area contributed by atoms with Crippen LogP contribution in [0.25, 0.3) is 0 Å². The minimum Gasteiger partial charge on any atom is -0.444 e. The smallest absolute Gasteiger partial charge is 0.412 e. The second-order valence-corrected chi connectivity index (χ2v) is 5.19. The number of halogens is 4. The highest BCUT2D eigenvalue weighted by Crippen LogP contribution is 2.26. The first-order valence-corrected chi connectivity index (χ1v) is 6.87. The van der Waals surface area contributed by atoms with E-state index in [4.69, 9.17) is 4.74 Å². The summed E-state index contributed by atoms with van der Waals surface area (Å²) < 4.78 is 44.6. The van der Waals surface area contributed by atoms with Crippen molar-refractivity contribution in [3.05, 3.63) is 63.0 Å². The SMILES string of the molecule is O=C(Nc1c(I)cc(F)c(F)c1F)OCc1ccccc1. The van der Waals surface area contributed by atoms with Crippen molar-refractivity contribution < 1.29 is 22.7 Å². The third-order valence-corrected chi connectivity index (χ3v) is 3.40. The highest BCUT2D eigenvalue weighted by Gasteiger charge is 2.19. The Bertz CT molecular complexity index is 665. The van der Waals surface area contributed by atoms with E-state index in [0.717, 1.165) is 11.6 Å². The van der Waals surface area contributed by atoms with Crippen LogP contribution in [0.2, 0.25) is 0 Å². The number of carbonyl (C=O) groups excluding carboxylic acids is 1. The average molecular weight is 407 g/mol. The van der Waals surface area contributed by atoms with E-state index in [2.05, 4.69) is 5.32 Å². The lowest BCUT2D eigenvalue weighted by atomic mass is 10.2. The zero-order chi connectivity index (χ0) is 15.4. The summed E-state index contributed by atoms with van der Waals surface area (Å²) >= 11 is 1.58. The Morgan fingerprint density at radius 1 is 1.14 bits per heavy atom. The zero-order valence-corrected chi connectivity index (χ0v) is 12.7. The molecule has 0 aliphatic rings. The molecule has 2 aromatic rings. The molecule has 0 unspecified atom stereocenters. The van der Waals surface area contributed by atoms with Crippen LogP contribution in [0.15, 0.2) is 36.4 Å². The number of rotatable bonds is 3. The van der Waals surface area contributed by atoms with Crippen LogP contribution < -0.4 is 5.32 Å². The van der Waals surface area contributed by atoms with Gasteiger partial charge < -0.3 is 4.74 Å². The van der Waals surface area contributed by atoms with E-state index in [0.29, 0.717) is 0 Å². The number of carbonyl (C=O) groups is 1. The van der Waals surface area contributed by atoms with Gasteiger partial charge in [0.05, 0.1) is 5.69 Å². The summed E-state index contributed by atoms with van der Waals surface area (Å²) in [6.07, 6.45) is -0.957. The maximum Gasteiger partial charge on any atom is 0.412 e. The highest BCUT2D eigenvalue weighted by atomic mass is 127. The molecule has 7 heteroatoms. The van der Waals surface area contributed by atoms with Crippen LogP contribution in [0.4, 0.5) is 23.7 Å². The summed E-state index contributed by atoms with van der Waals surface area (Å²) in [6.45, 7) is -0.0193. The second-order valence-electron chi connectivity index (χ2n) is 4.03. The van der Waals surface area contributed by atoms with Crippen LogP contribution in [0.1, 0.15) is 5.56 Å². The fourth-order valence-electron chi connectivity index (χ4n) is 1.54. The molecule has 0 aliphatic heterocycles. The van der Waals surface area contributed by atoms with Crippen LogP contribution in [0.5, 0.6) is 0 Å². The third-order valence-electron chi connectivity index (χ3n) is 2.55. The normalized spacial score (nSPS) is 10.3. The first-order valence-electron chi connectivity index (χ1n) is 5.79. The largest absolute Gasteiger partial charge is 0.444 e. The second kappa shape index (κ2) is 6.79. The van der Waals surface area contributed by atoms with Crippen LogP contribution in [-0.2, 0) is 11.3 Å². The van der Waals surface area contributed by atoms with Crippen LogP contribution in [0, 0.1) is 21.0 Å². The van der Waals surface area contributed by atoms with Gasteiger partial charge in [-0.15, -0.1) is 0 Å². The van der Waals surface area contributed by atoms with Crippen LogP contribution in [-0.4, -0.2) is 6.09 Å². The van der Waals surface area contributed by atoms with Gasteiger partial charge in [-0.25, -0.2) is 18.0 Å². The Hall–Kier alpha value is -1.77.